The van der Waals surface area contributed by atoms with Crippen molar-refractivity contribution in [1.29, 1.82) is 0 Å². The zero-order valence-electron chi connectivity index (χ0n) is 11.8. The van der Waals surface area contributed by atoms with Crippen molar-refractivity contribution in [2.24, 2.45) is 5.92 Å². The molecule has 1 atom stereocenters. The van der Waals surface area contributed by atoms with Gasteiger partial charge in [-0.25, -0.2) is 4.98 Å². The van der Waals surface area contributed by atoms with E-state index in [1.807, 2.05) is 30.3 Å². The fourth-order valence-electron chi connectivity index (χ4n) is 2.53. The Morgan fingerprint density at radius 2 is 2.24 bits per heavy atom. The summed E-state index contributed by atoms with van der Waals surface area (Å²) in [5.74, 6) is 0.687. The zero-order valence-corrected chi connectivity index (χ0v) is 12.7. The summed E-state index contributed by atoms with van der Waals surface area (Å²) in [6, 6.07) is 9.95. The Balaban J connectivity index is 1.54. The van der Waals surface area contributed by atoms with Crippen LogP contribution in [-0.4, -0.2) is 30.5 Å². The molecule has 1 aromatic carbocycles. The van der Waals surface area contributed by atoms with Crippen LogP contribution < -0.4 is 10.6 Å². The monoisotopic (exact) mass is 301 g/mol. The van der Waals surface area contributed by atoms with Gasteiger partial charge in [0.05, 0.1) is 6.20 Å². The van der Waals surface area contributed by atoms with Crippen LogP contribution in [0.25, 0.3) is 10.6 Å². The topological polar surface area (TPSA) is 54.0 Å². The predicted octanol–water partition coefficient (Wildman–Crippen LogP) is 2.54. The molecule has 0 bridgehead atoms. The molecule has 1 aliphatic rings. The summed E-state index contributed by atoms with van der Waals surface area (Å²) >= 11 is 1.44. The average molecular weight is 301 g/mol. The summed E-state index contributed by atoms with van der Waals surface area (Å²) in [5.41, 5.74) is 1.05. The Hall–Kier alpha value is -1.72. The molecule has 2 aromatic rings. The maximum absolute atomic E-state index is 12.1. The van der Waals surface area contributed by atoms with E-state index in [9.17, 15) is 4.79 Å². The van der Waals surface area contributed by atoms with Crippen LogP contribution in [0.15, 0.2) is 36.5 Å². The van der Waals surface area contributed by atoms with Crippen LogP contribution in [-0.2, 0) is 0 Å². The van der Waals surface area contributed by atoms with Crippen molar-refractivity contribution in [3.05, 3.63) is 41.4 Å². The highest BCUT2D eigenvalue weighted by Crippen LogP contribution is 2.24. The van der Waals surface area contributed by atoms with Crippen LogP contribution >= 0.6 is 11.3 Å². The number of hydrogen-bond donors (Lipinski definition) is 2. The number of carbonyl (C=O) groups excluding carboxylic acids is 1. The molecular weight excluding hydrogens is 282 g/mol. The van der Waals surface area contributed by atoms with Gasteiger partial charge >= 0.3 is 0 Å². The number of carbonyl (C=O) groups is 1. The lowest BCUT2D eigenvalue weighted by Gasteiger charge is -2.08. The molecule has 110 valence electrons. The molecule has 0 spiro atoms. The Morgan fingerprint density at radius 1 is 1.38 bits per heavy atom. The third kappa shape index (κ3) is 3.68. The van der Waals surface area contributed by atoms with E-state index in [0.717, 1.165) is 36.6 Å². The predicted molar refractivity (Wildman–Crippen MR) is 85.5 cm³/mol. The highest BCUT2D eigenvalue weighted by molar-refractivity contribution is 7.16. The van der Waals surface area contributed by atoms with E-state index in [1.165, 1.54) is 17.8 Å². The number of thiazole rings is 1. The first-order valence-corrected chi connectivity index (χ1v) is 8.15. The number of hydrogen-bond acceptors (Lipinski definition) is 4. The second-order valence-electron chi connectivity index (χ2n) is 5.30. The number of amides is 1. The van der Waals surface area contributed by atoms with Gasteiger partial charge in [0.2, 0.25) is 0 Å². The summed E-state index contributed by atoms with van der Waals surface area (Å²) in [6.45, 7) is 2.92. The average Bonchev–Trinajstić information content (AvgIpc) is 3.20. The molecular formula is C16H19N3OS. The van der Waals surface area contributed by atoms with Crippen LogP contribution in [0.3, 0.4) is 0 Å². The van der Waals surface area contributed by atoms with Gasteiger partial charge in [0.1, 0.15) is 9.88 Å². The third-order valence-electron chi connectivity index (χ3n) is 3.75. The fourth-order valence-corrected chi connectivity index (χ4v) is 3.37. The Labute approximate surface area is 128 Å². The molecule has 1 amide bonds. The van der Waals surface area contributed by atoms with E-state index >= 15 is 0 Å². The highest BCUT2D eigenvalue weighted by atomic mass is 32.1. The number of rotatable bonds is 5. The molecule has 1 saturated heterocycles. The van der Waals surface area contributed by atoms with Crippen molar-refractivity contribution in [1.82, 2.24) is 15.6 Å². The molecule has 1 aromatic heterocycles. The van der Waals surface area contributed by atoms with Crippen molar-refractivity contribution in [3.8, 4) is 10.6 Å². The summed E-state index contributed by atoms with van der Waals surface area (Å²) in [4.78, 5) is 17.1. The van der Waals surface area contributed by atoms with E-state index in [-0.39, 0.29) is 5.91 Å². The van der Waals surface area contributed by atoms with Crippen LogP contribution in [0.2, 0.25) is 0 Å². The minimum absolute atomic E-state index is 0.0133. The first-order valence-electron chi connectivity index (χ1n) is 7.33. The maximum atomic E-state index is 12.1. The van der Waals surface area contributed by atoms with Gasteiger partial charge in [-0.1, -0.05) is 30.3 Å². The van der Waals surface area contributed by atoms with Crippen LogP contribution in [0.4, 0.5) is 0 Å². The quantitative estimate of drug-likeness (QED) is 0.892. The van der Waals surface area contributed by atoms with E-state index in [2.05, 4.69) is 15.6 Å². The molecule has 0 saturated carbocycles. The summed E-state index contributed by atoms with van der Waals surface area (Å²) < 4.78 is 0. The highest BCUT2D eigenvalue weighted by Gasteiger charge is 2.15. The molecule has 3 rings (SSSR count). The maximum Gasteiger partial charge on any atom is 0.263 e. The van der Waals surface area contributed by atoms with E-state index in [0.29, 0.717) is 10.8 Å². The van der Waals surface area contributed by atoms with Gasteiger partial charge in [-0.3, -0.25) is 4.79 Å². The smallest absolute Gasteiger partial charge is 0.263 e. The standard InChI is InChI=1S/C16H19N3OS/c20-15(18-9-7-12-6-8-17-10-12)14-11-19-16(21-14)13-4-2-1-3-5-13/h1-5,11-12,17H,6-10H2,(H,18,20). The lowest BCUT2D eigenvalue weighted by molar-refractivity contribution is 0.0955. The second-order valence-corrected chi connectivity index (χ2v) is 6.33. The fraction of sp³-hybridized carbons (Fsp3) is 0.375. The normalized spacial score (nSPS) is 17.8. The molecule has 4 nitrogen and oxygen atoms in total. The van der Waals surface area contributed by atoms with Gasteiger partial charge in [-0.15, -0.1) is 11.3 Å². The number of nitrogens with zero attached hydrogens (tertiary/aromatic N) is 1. The molecule has 2 heterocycles. The van der Waals surface area contributed by atoms with Gasteiger partial charge in [-0.05, 0) is 31.8 Å². The SMILES string of the molecule is O=C(NCCC1CCNC1)c1cnc(-c2ccccc2)s1. The van der Waals surface area contributed by atoms with Gasteiger partial charge in [0, 0.05) is 12.1 Å². The molecule has 2 N–H and O–H groups in total. The molecule has 5 heteroatoms. The summed E-state index contributed by atoms with van der Waals surface area (Å²) in [5, 5.41) is 7.23. The van der Waals surface area contributed by atoms with Gasteiger partial charge < -0.3 is 10.6 Å². The van der Waals surface area contributed by atoms with Crippen LogP contribution in [0.5, 0.6) is 0 Å². The van der Waals surface area contributed by atoms with E-state index < -0.39 is 0 Å². The van der Waals surface area contributed by atoms with Crippen molar-refractivity contribution >= 4 is 17.2 Å². The number of benzene rings is 1. The zero-order chi connectivity index (χ0) is 14.5. The molecule has 1 aliphatic heterocycles. The Bertz CT molecular complexity index is 591. The molecule has 1 fully saturated rings. The Morgan fingerprint density at radius 3 is 3.00 bits per heavy atom. The first-order chi connectivity index (χ1) is 10.3. The summed E-state index contributed by atoms with van der Waals surface area (Å²) in [7, 11) is 0. The van der Waals surface area contributed by atoms with Crippen LogP contribution in [0, 0.1) is 5.92 Å². The minimum atomic E-state index is -0.0133. The van der Waals surface area contributed by atoms with Crippen molar-refractivity contribution in [2.45, 2.75) is 12.8 Å². The van der Waals surface area contributed by atoms with Crippen molar-refractivity contribution in [2.75, 3.05) is 19.6 Å². The number of aromatic nitrogens is 1. The van der Waals surface area contributed by atoms with Crippen LogP contribution in [0.1, 0.15) is 22.5 Å². The lowest BCUT2D eigenvalue weighted by Crippen LogP contribution is -2.25. The number of nitrogens with one attached hydrogen (secondary N) is 2. The summed E-state index contributed by atoms with van der Waals surface area (Å²) in [6.07, 6.45) is 3.93. The van der Waals surface area contributed by atoms with Gasteiger partial charge in [0.15, 0.2) is 0 Å². The van der Waals surface area contributed by atoms with Crippen molar-refractivity contribution in [3.63, 3.8) is 0 Å². The Kier molecular flexibility index (Phi) is 4.62. The second kappa shape index (κ2) is 6.83. The van der Waals surface area contributed by atoms with Gasteiger partial charge in [-0.2, -0.15) is 0 Å². The van der Waals surface area contributed by atoms with E-state index in [4.69, 9.17) is 0 Å². The molecule has 21 heavy (non-hydrogen) atoms. The molecule has 1 unspecified atom stereocenters. The minimum Gasteiger partial charge on any atom is -0.351 e. The first kappa shape index (κ1) is 14.2. The molecule has 0 aliphatic carbocycles. The van der Waals surface area contributed by atoms with Crippen molar-refractivity contribution < 1.29 is 4.79 Å². The molecule has 0 radical (unpaired) electrons. The third-order valence-corrected chi connectivity index (χ3v) is 4.80. The van der Waals surface area contributed by atoms with Gasteiger partial charge in [0.25, 0.3) is 5.91 Å². The largest absolute Gasteiger partial charge is 0.351 e. The van der Waals surface area contributed by atoms with E-state index in [1.54, 1.807) is 6.20 Å². The lowest BCUT2D eigenvalue weighted by atomic mass is 10.1.